The van der Waals surface area contributed by atoms with Gasteiger partial charge in [-0.15, -0.1) is 0 Å². The Bertz CT molecular complexity index is 3920. The first-order chi connectivity index (χ1) is 47.8. The van der Waals surface area contributed by atoms with Crippen LogP contribution in [0.5, 0.6) is 34.5 Å². The molecule has 586 valence electrons. The molecule has 7 unspecified atom stereocenters. The molecule has 105 heavy (non-hydrogen) atoms. The normalized spacial score (nSPS) is 16.6. The summed E-state index contributed by atoms with van der Waals surface area (Å²) in [5.41, 5.74) is -11.8. The summed E-state index contributed by atoms with van der Waals surface area (Å²) in [6.45, 7) is -1.35. The average molecular weight is 1620 g/mol. The molecule has 6 aromatic rings. The third-order valence-electron chi connectivity index (χ3n) is 14.2. The minimum absolute atomic E-state index is 0.0224. The van der Waals surface area contributed by atoms with Crippen LogP contribution in [0, 0.1) is 0 Å². The maximum Gasteiger partial charge on any atom is 0.432 e. The van der Waals surface area contributed by atoms with E-state index >= 15 is 0 Å². The van der Waals surface area contributed by atoms with E-state index in [1.165, 1.54) is 104 Å². The number of hydrogen-bond donors (Lipinski definition) is 2. The van der Waals surface area contributed by atoms with Crippen molar-refractivity contribution in [3.05, 3.63) is 146 Å². The van der Waals surface area contributed by atoms with Crippen LogP contribution in [0.1, 0.15) is 34.6 Å². The van der Waals surface area contributed by atoms with E-state index in [9.17, 15) is 133 Å². The van der Waals surface area contributed by atoms with Crippen LogP contribution in [0.3, 0.4) is 0 Å². The quantitative estimate of drug-likeness (QED) is 0.0178. The Kier molecular flexibility index (Phi) is 28.0. The van der Waals surface area contributed by atoms with E-state index in [1.54, 1.807) is 0 Å². The Hall–Kier alpha value is -7.10. The molecule has 0 fully saturated rings. The van der Waals surface area contributed by atoms with Crippen LogP contribution in [0.15, 0.2) is 175 Å². The summed E-state index contributed by atoms with van der Waals surface area (Å²) in [6, 6.07) is 28.7. The number of alkyl halides is 22. The lowest BCUT2D eigenvalue weighted by Gasteiger charge is -2.31. The largest absolute Gasteiger partial charge is 0.743 e. The molecule has 0 saturated heterocycles. The van der Waals surface area contributed by atoms with Gasteiger partial charge in [0.25, 0.3) is 12.2 Å². The lowest BCUT2D eigenvalue weighted by molar-refractivity contribution is -0.296. The fraction of sp³-hybridized carbons (Fsp3) is 0.419. The van der Waals surface area contributed by atoms with Gasteiger partial charge in [0.05, 0.1) is 21.8 Å². The molecule has 0 aromatic heterocycles. The van der Waals surface area contributed by atoms with Crippen molar-refractivity contribution in [3.8, 4) is 34.5 Å². The molecule has 2 N–H and O–H groups in total. The maximum atomic E-state index is 14.0. The van der Waals surface area contributed by atoms with Gasteiger partial charge >= 0.3 is 47.6 Å². The van der Waals surface area contributed by atoms with E-state index in [2.05, 4.69) is 14.2 Å². The van der Waals surface area contributed by atoms with E-state index in [1.807, 2.05) is 0 Å². The van der Waals surface area contributed by atoms with E-state index in [-0.39, 0.29) is 39.4 Å². The SMILES string of the molecule is CC(O)(COc1ccc([S+](c2ccc(OCC(C)(O)C(F)(F)F)cc2)c2ccc(OC(C(F)(F)F)C(F)(F)S(=O)(=O)[O-])cc2)cc1)C(F)(F)F.CCOC(C)(COc1ccc([S+](c2ccc(OCC(C)(OCOC)C(F)(F)F)cc2)c2ccc(OC(C(F)(F)F)C(F)(F)S(=O)(=O)[O-])cc2)cc1)C(F)(F)F. The van der Waals surface area contributed by atoms with Crippen molar-refractivity contribution in [2.24, 2.45) is 0 Å². The summed E-state index contributed by atoms with van der Waals surface area (Å²) in [4.78, 5) is 1.94. The fourth-order valence-electron chi connectivity index (χ4n) is 7.97. The number of rotatable bonds is 31. The van der Waals surface area contributed by atoms with Gasteiger partial charge in [0.2, 0.25) is 0 Å². The monoisotopic (exact) mass is 1620 g/mol. The number of benzene rings is 6. The predicted octanol–water partition coefficient (Wildman–Crippen LogP) is 14.9. The number of ether oxygens (including phenoxy) is 9. The van der Waals surface area contributed by atoms with Crippen molar-refractivity contribution < 1.29 is 175 Å². The lowest BCUT2D eigenvalue weighted by Crippen LogP contribution is -2.53. The van der Waals surface area contributed by atoms with Gasteiger partial charge in [-0.3, -0.25) is 0 Å². The highest BCUT2D eigenvalue weighted by molar-refractivity contribution is 7.97. The molecule has 0 saturated carbocycles. The highest BCUT2D eigenvalue weighted by Crippen LogP contribution is 2.44. The molecular formula is C62H58F22O17S4. The standard InChI is InChI=1S/C33H33F11O9S2.C29H25F11O8S2/c1-5-51-28(2,32(39,40)41)18-49-21-6-12-24(13-7-21)54(25-14-8-22(9-15-25)50-19-29(3,33(42,43)44)52-20-48-4)26-16-10-23(11-17-26)53-27(30(34,35)36)31(37,38)55(45,46)47;1-24(41,28(35,36)37)15-46-17-3-9-20(10-4-17)49(21-11-5-18(6-12-21)47-16-25(2,42)29(38,39)40)22-13-7-19(8-14-22)48-23(26(30,31)32)27(33,34)50(43,44)45/h6-17,27H,5,18-20H2,1-4H3;3-14,23,41-42H,15-16H2,1-2H3. The molecule has 0 aliphatic rings. The second kappa shape index (κ2) is 33.2. The van der Waals surface area contributed by atoms with Gasteiger partial charge in [0.1, 0.15) is 67.7 Å². The third-order valence-corrected chi connectivity index (χ3v) is 20.4. The molecule has 7 atom stereocenters. The molecule has 43 heteroatoms. The van der Waals surface area contributed by atoms with Gasteiger partial charge in [-0.25, -0.2) is 16.8 Å². The van der Waals surface area contributed by atoms with Gasteiger partial charge < -0.3 is 62.0 Å². The van der Waals surface area contributed by atoms with Crippen LogP contribution in [-0.2, 0) is 56.2 Å². The average Bonchev–Trinajstić information content (AvgIpc) is 0.773. The summed E-state index contributed by atoms with van der Waals surface area (Å²) >= 11 is 0. The summed E-state index contributed by atoms with van der Waals surface area (Å²) in [5.74, 6) is -2.16. The minimum Gasteiger partial charge on any atom is -0.743 e. The number of aliphatic hydroxyl groups is 2. The van der Waals surface area contributed by atoms with Crippen molar-refractivity contribution >= 4 is 42.0 Å². The molecule has 0 amide bonds. The van der Waals surface area contributed by atoms with E-state index in [4.69, 9.17) is 28.4 Å². The Morgan fingerprint density at radius 1 is 0.362 bits per heavy atom. The summed E-state index contributed by atoms with van der Waals surface area (Å²) < 4.78 is 405. The fourth-order valence-corrected chi connectivity index (χ4v) is 12.9. The van der Waals surface area contributed by atoms with Crippen molar-refractivity contribution in [2.45, 2.75) is 146 Å². The van der Waals surface area contributed by atoms with Crippen LogP contribution >= 0.6 is 0 Å². The molecule has 0 radical (unpaired) electrons. The van der Waals surface area contributed by atoms with Crippen molar-refractivity contribution in [1.82, 2.24) is 0 Å². The highest BCUT2D eigenvalue weighted by atomic mass is 32.2. The van der Waals surface area contributed by atoms with Gasteiger partial charge in [-0.2, -0.15) is 96.6 Å². The van der Waals surface area contributed by atoms with Crippen LogP contribution in [-0.4, -0.2) is 165 Å². The van der Waals surface area contributed by atoms with Crippen molar-refractivity contribution in [2.75, 3.05) is 46.9 Å². The van der Waals surface area contributed by atoms with Gasteiger partial charge in [0, 0.05) is 13.7 Å². The number of methoxy groups -OCH3 is 1. The highest BCUT2D eigenvalue weighted by Gasteiger charge is 2.64. The van der Waals surface area contributed by atoms with E-state index in [0.717, 1.165) is 69.5 Å². The van der Waals surface area contributed by atoms with Crippen LogP contribution in [0.2, 0.25) is 0 Å². The van der Waals surface area contributed by atoms with E-state index < -0.39 is 169 Å². The molecule has 0 aliphatic carbocycles. The number of hydrogen-bond acceptors (Lipinski definition) is 17. The van der Waals surface area contributed by atoms with Crippen LogP contribution < -0.4 is 28.4 Å². The molecule has 0 bridgehead atoms. The van der Waals surface area contributed by atoms with Gasteiger partial charge in [-0.05, 0) is 180 Å². The Morgan fingerprint density at radius 2 is 0.581 bits per heavy atom. The van der Waals surface area contributed by atoms with Gasteiger partial charge in [0.15, 0.2) is 72.0 Å². The molecule has 0 heterocycles. The second-order valence-corrected chi connectivity index (χ2v) is 29.6. The van der Waals surface area contributed by atoms with Crippen LogP contribution in [0.4, 0.5) is 96.6 Å². The zero-order chi connectivity index (χ0) is 79.8. The Labute approximate surface area is 588 Å². The topological polar surface area (TPSA) is 238 Å². The first kappa shape index (κ1) is 88.5. The predicted molar refractivity (Wildman–Crippen MR) is 322 cm³/mol. The van der Waals surface area contributed by atoms with Crippen molar-refractivity contribution in [3.63, 3.8) is 0 Å². The molecule has 0 spiro atoms. The molecular weight excluding hydrogens is 1560 g/mol. The first-order valence-electron chi connectivity index (χ1n) is 29.0. The molecule has 17 nitrogen and oxygen atoms in total. The Morgan fingerprint density at radius 3 is 0.771 bits per heavy atom. The summed E-state index contributed by atoms with van der Waals surface area (Å²) in [5, 5.41) is 7.41. The second-order valence-electron chi connectivity index (χ2n) is 22.7. The summed E-state index contributed by atoms with van der Waals surface area (Å²) in [6.07, 6.45) is -40.5. The minimum atomic E-state index is -6.83. The molecule has 0 aliphatic heterocycles. The molecule has 6 rings (SSSR count). The zero-order valence-electron chi connectivity index (χ0n) is 54.2. The van der Waals surface area contributed by atoms with Crippen LogP contribution in [0.25, 0.3) is 0 Å². The van der Waals surface area contributed by atoms with Crippen molar-refractivity contribution in [1.29, 1.82) is 0 Å². The summed E-state index contributed by atoms with van der Waals surface area (Å²) in [7, 11) is -15.1. The number of halogens is 22. The van der Waals surface area contributed by atoms with Gasteiger partial charge in [-0.1, -0.05) is 0 Å². The third kappa shape index (κ3) is 22.7. The van der Waals surface area contributed by atoms with E-state index in [0.29, 0.717) is 33.4 Å². The lowest BCUT2D eigenvalue weighted by atomic mass is 10.1. The Balaban J connectivity index is 0.000000379. The first-order valence-corrected chi connectivity index (χ1v) is 34.2. The smallest absolute Gasteiger partial charge is 0.432 e. The zero-order valence-corrected chi connectivity index (χ0v) is 57.5. The molecule has 6 aromatic carbocycles. The maximum absolute atomic E-state index is 14.0.